The van der Waals surface area contributed by atoms with Gasteiger partial charge >= 0.3 is 0 Å². The minimum absolute atomic E-state index is 0.0640. The Morgan fingerprint density at radius 1 is 1.50 bits per heavy atom. The summed E-state index contributed by atoms with van der Waals surface area (Å²) in [7, 11) is 0. The molecule has 0 radical (unpaired) electrons. The smallest absolute Gasteiger partial charge is 0.244 e. The topological polar surface area (TPSA) is 41.1 Å². The van der Waals surface area contributed by atoms with Crippen LogP contribution < -0.4 is 10.6 Å². The van der Waals surface area contributed by atoms with Crippen LogP contribution in [-0.4, -0.2) is 18.0 Å². The number of hydrogen-bond acceptors (Lipinski definition) is 2. The summed E-state index contributed by atoms with van der Waals surface area (Å²) in [5.74, 6) is 0.0640. The first-order chi connectivity index (χ1) is 7.62. The molecule has 4 heteroatoms. The van der Waals surface area contributed by atoms with E-state index in [1.807, 2.05) is 31.2 Å². The molecule has 1 saturated heterocycles. The maximum absolute atomic E-state index is 12.1. The SMILES string of the molecule is CC1(C(=O)Nc2ccccc2I)CCCN1. The standard InChI is InChI=1S/C12H15IN2O/c1-12(7-4-8-14-12)11(16)15-10-6-3-2-5-9(10)13/h2-3,5-6,14H,4,7-8H2,1H3,(H,15,16). The van der Waals surface area contributed by atoms with E-state index in [-0.39, 0.29) is 5.91 Å². The molecule has 1 aliphatic heterocycles. The monoisotopic (exact) mass is 330 g/mol. The van der Waals surface area contributed by atoms with Crippen molar-refractivity contribution in [2.75, 3.05) is 11.9 Å². The summed E-state index contributed by atoms with van der Waals surface area (Å²) in [4.78, 5) is 12.1. The molecule has 1 aromatic rings. The quantitative estimate of drug-likeness (QED) is 0.818. The molecule has 1 fully saturated rings. The number of nitrogens with one attached hydrogen (secondary N) is 2. The van der Waals surface area contributed by atoms with Crippen molar-refractivity contribution < 1.29 is 4.79 Å². The molecule has 1 aromatic carbocycles. The van der Waals surface area contributed by atoms with Crippen LogP contribution in [-0.2, 0) is 4.79 Å². The van der Waals surface area contributed by atoms with Crippen LogP contribution in [0.2, 0.25) is 0 Å². The van der Waals surface area contributed by atoms with Gasteiger partial charge in [0, 0.05) is 3.57 Å². The van der Waals surface area contributed by atoms with Gasteiger partial charge in [-0.15, -0.1) is 0 Å². The molecule has 86 valence electrons. The van der Waals surface area contributed by atoms with Gasteiger partial charge in [0.25, 0.3) is 0 Å². The number of amides is 1. The van der Waals surface area contributed by atoms with Crippen LogP contribution in [0.5, 0.6) is 0 Å². The number of para-hydroxylation sites is 1. The number of rotatable bonds is 2. The van der Waals surface area contributed by atoms with Gasteiger partial charge in [0.05, 0.1) is 11.2 Å². The molecule has 2 N–H and O–H groups in total. The summed E-state index contributed by atoms with van der Waals surface area (Å²) in [6.07, 6.45) is 1.97. The number of anilines is 1. The molecule has 1 unspecified atom stereocenters. The van der Waals surface area contributed by atoms with Crippen molar-refractivity contribution in [3.05, 3.63) is 27.8 Å². The summed E-state index contributed by atoms with van der Waals surface area (Å²) < 4.78 is 1.06. The Bertz CT molecular complexity index is 400. The molecule has 2 rings (SSSR count). The number of carbonyl (C=O) groups excluding carboxylic acids is 1. The molecule has 0 spiro atoms. The van der Waals surface area contributed by atoms with Crippen molar-refractivity contribution in [2.24, 2.45) is 0 Å². The van der Waals surface area contributed by atoms with Gasteiger partial charge in [-0.25, -0.2) is 0 Å². The normalized spacial score (nSPS) is 24.4. The second-order valence-corrected chi connectivity index (χ2v) is 5.46. The molecule has 0 aromatic heterocycles. The minimum atomic E-state index is -0.404. The average Bonchev–Trinajstić information content (AvgIpc) is 2.70. The lowest BCUT2D eigenvalue weighted by Crippen LogP contribution is -2.48. The zero-order valence-corrected chi connectivity index (χ0v) is 11.4. The van der Waals surface area contributed by atoms with E-state index in [4.69, 9.17) is 0 Å². The van der Waals surface area contributed by atoms with Gasteiger partial charge in [0.2, 0.25) is 5.91 Å². The first-order valence-electron chi connectivity index (χ1n) is 5.43. The fourth-order valence-corrected chi connectivity index (χ4v) is 2.43. The lowest BCUT2D eigenvalue weighted by molar-refractivity contribution is -0.121. The first-order valence-corrected chi connectivity index (χ1v) is 6.51. The largest absolute Gasteiger partial charge is 0.324 e. The Kier molecular flexibility index (Phi) is 3.49. The van der Waals surface area contributed by atoms with Gasteiger partial charge in [-0.1, -0.05) is 12.1 Å². The highest BCUT2D eigenvalue weighted by Crippen LogP contribution is 2.23. The van der Waals surface area contributed by atoms with Crippen LogP contribution in [0.15, 0.2) is 24.3 Å². The van der Waals surface area contributed by atoms with Gasteiger partial charge < -0.3 is 10.6 Å². The van der Waals surface area contributed by atoms with Crippen LogP contribution >= 0.6 is 22.6 Å². The predicted molar refractivity (Wildman–Crippen MR) is 73.4 cm³/mol. The van der Waals surface area contributed by atoms with E-state index in [2.05, 4.69) is 33.2 Å². The van der Waals surface area contributed by atoms with Crippen LogP contribution in [0.3, 0.4) is 0 Å². The Morgan fingerprint density at radius 3 is 2.88 bits per heavy atom. The molecular weight excluding hydrogens is 315 g/mol. The van der Waals surface area contributed by atoms with Gasteiger partial charge in [-0.3, -0.25) is 4.79 Å². The van der Waals surface area contributed by atoms with E-state index >= 15 is 0 Å². The molecule has 1 amide bonds. The van der Waals surface area contributed by atoms with E-state index in [0.29, 0.717) is 0 Å². The number of carbonyl (C=O) groups is 1. The van der Waals surface area contributed by atoms with Crippen molar-refractivity contribution in [3.8, 4) is 0 Å². The molecular formula is C12H15IN2O. The third-order valence-corrected chi connectivity index (χ3v) is 3.93. The highest BCUT2D eigenvalue weighted by molar-refractivity contribution is 14.1. The summed E-state index contributed by atoms with van der Waals surface area (Å²) in [6, 6.07) is 7.81. The minimum Gasteiger partial charge on any atom is -0.324 e. The Balaban J connectivity index is 2.10. The average molecular weight is 330 g/mol. The van der Waals surface area contributed by atoms with Crippen LogP contribution in [0.25, 0.3) is 0 Å². The second-order valence-electron chi connectivity index (χ2n) is 4.30. The van der Waals surface area contributed by atoms with Gasteiger partial charge in [0.15, 0.2) is 0 Å². The Morgan fingerprint density at radius 2 is 2.25 bits per heavy atom. The lowest BCUT2D eigenvalue weighted by Gasteiger charge is -2.23. The number of halogens is 1. The third-order valence-electron chi connectivity index (χ3n) is 2.99. The fraction of sp³-hybridized carbons (Fsp3) is 0.417. The molecule has 1 atom stereocenters. The molecule has 1 heterocycles. The zero-order chi connectivity index (χ0) is 11.6. The Hall–Kier alpha value is -0.620. The molecule has 0 bridgehead atoms. The van der Waals surface area contributed by atoms with Crippen molar-refractivity contribution in [1.82, 2.24) is 5.32 Å². The van der Waals surface area contributed by atoms with E-state index in [9.17, 15) is 4.79 Å². The van der Waals surface area contributed by atoms with E-state index < -0.39 is 5.54 Å². The maximum Gasteiger partial charge on any atom is 0.244 e. The van der Waals surface area contributed by atoms with Gasteiger partial charge in [-0.2, -0.15) is 0 Å². The summed E-state index contributed by atoms with van der Waals surface area (Å²) in [6.45, 7) is 2.89. The van der Waals surface area contributed by atoms with E-state index in [1.54, 1.807) is 0 Å². The van der Waals surface area contributed by atoms with E-state index in [1.165, 1.54) is 0 Å². The highest BCUT2D eigenvalue weighted by Gasteiger charge is 2.35. The predicted octanol–water partition coefficient (Wildman–Crippen LogP) is 2.37. The molecule has 16 heavy (non-hydrogen) atoms. The highest BCUT2D eigenvalue weighted by atomic mass is 127. The number of benzene rings is 1. The van der Waals surface area contributed by atoms with Crippen molar-refractivity contribution in [3.63, 3.8) is 0 Å². The van der Waals surface area contributed by atoms with Crippen molar-refractivity contribution in [1.29, 1.82) is 0 Å². The third kappa shape index (κ3) is 2.38. The maximum atomic E-state index is 12.1. The number of hydrogen-bond donors (Lipinski definition) is 2. The molecule has 0 aliphatic carbocycles. The fourth-order valence-electron chi connectivity index (χ4n) is 1.91. The second kappa shape index (κ2) is 4.71. The van der Waals surface area contributed by atoms with Gasteiger partial charge in [0.1, 0.15) is 0 Å². The van der Waals surface area contributed by atoms with Crippen LogP contribution in [0.1, 0.15) is 19.8 Å². The molecule has 3 nitrogen and oxygen atoms in total. The van der Waals surface area contributed by atoms with Crippen molar-refractivity contribution in [2.45, 2.75) is 25.3 Å². The van der Waals surface area contributed by atoms with Crippen molar-refractivity contribution >= 4 is 34.2 Å². The van der Waals surface area contributed by atoms with Crippen LogP contribution in [0, 0.1) is 3.57 Å². The van der Waals surface area contributed by atoms with Crippen LogP contribution in [0.4, 0.5) is 5.69 Å². The summed E-state index contributed by atoms with van der Waals surface area (Å²) >= 11 is 2.23. The lowest BCUT2D eigenvalue weighted by atomic mass is 9.99. The molecule has 0 saturated carbocycles. The zero-order valence-electron chi connectivity index (χ0n) is 9.22. The summed E-state index contributed by atoms with van der Waals surface area (Å²) in [5.41, 5.74) is 0.488. The summed E-state index contributed by atoms with van der Waals surface area (Å²) in [5, 5.41) is 6.24. The molecule has 1 aliphatic rings. The van der Waals surface area contributed by atoms with E-state index in [0.717, 1.165) is 28.6 Å². The van der Waals surface area contributed by atoms with Gasteiger partial charge in [-0.05, 0) is 61.0 Å². The first kappa shape index (κ1) is 11.9. The Labute approximate surface area is 109 Å².